The van der Waals surface area contributed by atoms with Crippen LogP contribution in [-0.4, -0.2) is 40.5 Å². The first-order valence-electron chi connectivity index (χ1n) is 8.47. The molecule has 2 aliphatic rings. The summed E-state index contributed by atoms with van der Waals surface area (Å²) in [7, 11) is 3.93. The molecule has 1 unspecified atom stereocenters. The van der Waals surface area contributed by atoms with E-state index in [1.54, 1.807) is 0 Å². The molecule has 1 saturated carbocycles. The molecule has 5 heteroatoms. The second kappa shape index (κ2) is 5.34. The number of benzene rings is 1. The molecule has 1 N–H and O–H groups in total. The Morgan fingerprint density at radius 2 is 2.13 bits per heavy atom. The molecule has 0 bridgehead atoms. The Morgan fingerprint density at radius 1 is 1.39 bits per heavy atom. The van der Waals surface area contributed by atoms with Crippen LogP contribution >= 0.6 is 0 Å². The predicted molar refractivity (Wildman–Crippen MR) is 89.8 cm³/mol. The number of para-hydroxylation sites is 2. The molecule has 1 aliphatic heterocycles. The van der Waals surface area contributed by atoms with Crippen LogP contribution in [0.1, 0.15) is 25.1 Å². The largest absolute Gasteiger partial charge is 0.338 e. The van der Waals surface area contributed by atoms with Crippen LogP contribution in [0, 0.1) is 11.3 Å². The fraction of sp³-hybridized carbons (Fsp3) is 0.556. The summed E-state index contributed by atoms with van der Waals surface area (Å²) in [6, 6.07) is 8.11. The molecule has 23 heavy (non-hydrogen) atoms. The van der Waals surface area contributed by atoms with Crippen LogP contribution in [0.2, 0.25) is 0 Å². The number of carbonyl (C=O) groups excluding carboxylic acids is 1. The first-order chi connectivity index (χ1) is 11.1. The van der Waals surface area contributed by atoms with Crippen LogP contribution in [0.25, 0.3) is 11.0 Å². The Labute approximate surface area is 136 Å². The van der Waals surface area contributed by atoms with Gasteiger partial charge in [0.1, 0.15) is 5.82 Å². The Bertz CT molecular complexity index is 745. The van der Waals surface area contributed by atoms with Gasteiger partial charge in [-0.2, -0.15) is 0 Å². The Balaban J connectivity index is 1.48. The molecule has 1 amide bonds. The van der Waals surface area contributed by atoms with E-state index in [-0.39, 0.29) is 5.92 Å². The van der Waals surface area contributed by atoms with E-state index in [0.29, 0.717) is 17.9 Å². The van der Waals surface area contributed by atoms with Crippen LogP contribution in [-0.2, 0) is 18.4 Å². The van der Waals surface area contributed by atoms with E-state index < -0.39 is 0 Å². The van der Waals surface area contributed by atoms with Crippen molar-refractivity contribution in [2.24, 2.45) is 18.4 Å². The Morgan fingerprint density at radius 3 is 2.87 bits per heavy atom. The number of piperidine rings is 1. The molecule has 2 fully saturated rings. The van der Waals surface area contributed by atoms with Crippen LogP contribution in [0.15, 0.2) is 24.3 Å². The van der Waals surface area contributed by atoms with E-state index in [0.717, 1.165) is 49.2 Å². The second-order valence-corrected chi connectivity index (χ2v) is 7.14. The SMILES string of the molecule is CN(Cc1nc2ccccc2n1C)C(=O)C1CC12CCNCC2. The number of carbonyl (C=O) groups is 1. The molecule has 122 valence electrons. The molecule has 1 aromatic carbocycles. The summed E-state index contributed by atoms with van der Waals surface area (Å²) in [4.78, 5) is 19.3. The molecule has 0 radical (unpaired) electrons. The standard InChI is InChI=1S/C18H24N4O/c1-21(17(23)13-11-18(13)7-9-19-10-8-18)12-16-20-14-5-3-4-6-15(14)22(16)2/h3-6,13,19H,7-12H2,1-2H3. The molecule has 1 aromatic heterocycles. The number of nitrogens with zero attached hydrogens (tertiary/aromatic N) is 3. The number of rotatable bonds is 3. The van der Waals surface area contributed by atoms with Crippen LogP contribution in [0.5, 0.6) is 0 Å². The molecular formula is C18H24N4O. The van der Waals surface area contributed by atoms with Gasteiger partial charge in [0.05, 0.1) is 17.6 Å². The van der Waals surface area contributed by atoms with Crippen molar-refractivity contribution in [3.05, 3.63) is 30.1 Å². The van der Waals surface area contributed by atoms with Crippen molar-refractivity contribution in [1.82, 2.24) is 19.8 Å². The van der Waals surface area contributed by atoms with Gasteiger partial charge in [-0.25, -0.2) is 4.98 Å². The second-order valence-electron chi connectivity index (χ2n) is 7.14. The summed E-state index contributed by atoms with van der Waals surface area (Å²) in [5.74, 6) is 1.46. The normalized spacial score (nSPS) is 22.4. The average molecular weight is 312 g/mol. The lowest BCUT2D eigenvalue weighted by atomic mass is 9.91. The number of aromatic nitrogens is 2. The minimum absolute atomic E-state index is 0.226. The van der Waals surface area contributed by atoms with Crippen molar-refractivity contribution in [3.63, 3.8) is 0 Å². The van der Waals surface area contributed by atoms with E-state index in [1.165, 1.54) is 0 Å². The summed E-state index contributed by atoms with van der Waals surface area (Å²) >= 11 is 0. The summed E-state index contributed by atoms with van der Waals surface area (Å²) in [5.41, 5.74) is 2.40. The van der Waals surface area contributed by atoms with Gasteiger partial charge in [0, 0.05) is 20.0 Å². The van der Waals surface area contributed by atoms with Crippen molar-refractivity contribution in [3.8, 4) is 0 Å². The number of imidazole rings is 1. The first kappa shape index (κ1) is 14.7. The zero-order chi connectivity index (χ0) is 16.0. The first-order valence-corrected chi connectivity index (χ1v) is 8.47. The van der Waals surface area contributed by atoms with Gasteiger partial charge in [0.15, 0.2) is 0 Å². The lowest BCUT2D eigenvalue weighted by molar-refractivity contribution is -0.133. The summed E-state index contributed by atoms with van der Waals surface area (Å²) in [6.45, 7) is 2.69. The Kier molecular flexibility index (Phi) is 3.41. The smallest absolute Gasteiger partial charge is 0.226 e. The van der Waals surface area contributed by atoms with Crippen LogP contribution in [0.3, 0.4) is 0 Å². The zero-order valence-corrected chi connectivity index (χ0v) is 13.9. The highest BCUT2D eigenvalue weighted by Crippen LogP contribution is 2.59. The highest BCUT2D eigenvalue weighted by atomic mass is 16.2. The van der Waals surface area contributed by atoms with Gasteiger partial charge in [-0.15, -0.1) is 0 Å². The molecule has 1 spiro atoms. The summed E-state index contributed by atoms with van der Waals surface area (Å²) in [6.07, 6.45) is 3.35. The quantitative estimate of drug-likeness (QED) is 0.942. The van der Waals surface area contributed by atoms with Gasteiger partial charge in [-0.05, 0) is 49.9 Å². The molecular weight excluding hydrogens is 288 g/mol. The van der Waals surface area contributed by atoms with Crippen molar-refractivity contribution < 1.29 is 4.79 Å². The van der Waals surface area contributed by atoms with Gasteiger partial charge in [0.2, 0.25) is 5.91 Å². The van der Waals surface area contributed by atoms with Gasteiger partial charge >= 0.3 is 0 Å². The minimum atomic E-state index is 0.226. The number of aryl methyl sites for hydroxylation is 1. The van der Waals surface area contributed by atoms with E-state index in [9.17, 15) is 4.79 Å². The maximum Gasteiger partial charge on any atom is 0.226 e. The fourth-order valence-electron chi connectivity index (χ4n) is 4.07. The summed E-state index contributed by atoms with van der Waals surface area (Å²) < 4.78 is 2.09. The van der Waals surface area contributed by atoms with E-state index in [1.807, 2.05) is 37.2 Å². The van der Waals surface area contributed by atoms with Gasteiger partial charge in [-0.3, -0.25) is 4.79 Å². The third-order valence-corrected chi connectivity index (χ3v) is 5.72. The summed E-state index contributed by atoms with van der Waals surface area (Å²) in [5, 5.41) is 3.39. The average Bonchev–Trinajstić information content (AvgIpc) is 3.16. The van der Waals surface area contributed by atoms with E-state index >= 15 is 0 Å². The van der Waals surface area contributed by atoms with Crippen LogP contribution < -0.4 is 5.32 Å². The minimum Gasteiger partial charge on any atom is -0.338 e. The molecule has 1 saturated heterocycles. The predicted octanol–water partition coefficient (Wildman–Crippen LogP) is 1.92. The molecule has 2 heterocycles. The monoisotopic (exact) mass is 312 g/mol. The fourth-order valence-corrected chi connectivity index (χ4v) is 4.07. The highest BCUT2D eigenvalue weighted by molar-refractivity contribution is 5.82. The maximum absolute atomic E-state index is 12.8. The highest BCUT2D eigenvalue weighted by Gasteiger charge is 2.58. The third-order valence-electron chi connectivity index (χ3n) is 5.72. The molecule has 1 atom stereocenters. The maximum atomic E-state index is 12.8. The number of hydrogen-bond acceptors (Lipinski definition) is 3. The molecule has 4 rings (SSSR count). The van der Waals surface area contributed by atoms with Crippen molar-refractivity contribution in [1.29, 1.82) is 0 Å². The van der Waals surface area contributed by atoms with Crippen molar-refractivity contribution >= 4 is 16.9 Å². The molecule has 5 nitrogen and oxygen atoms in total. The van der Waals surface area contributed by atoms with Crippen molar-refractivity contribution in [2.45, 2.75) is 25.8 Å². The molecule has 2 aromatic rings. The van der Waals surface area contributed by atoms with Crippen molar-refractivity contribution in [2.75, 3.05) is 20.1 Å². The van der Waals surface area contributed by atoms with Gasteiger partial charge in [0.25, 0.3) is 0 Å². The topological polar surface area (TPSA) is 50.2 Å². The third kappa shape index (κ3) is 2.43. The lowest BCUT2D eigenvalue weighted by Gasteiger charge is -2.25. The van der Waals surface area contributed by atoms with E-state index in [2.05, 4.69) is 20.9 Å². The number of fused-ring (bicyclic) bond motifs is 1. The molecule has 1 aliphatic carbocycles. The number of amides is 1. The van der Waals surface area contributed by atoms with Gasteiger partial charge < -0.3 is 14.8 Å². The zero-order valence-electron chi connectivity index (χ0n) is 13.9. The number of hydrogen-bond donors (Lipinski definition) is 1. The number of nitrogens with one attached hydrogen (secondary N) is 1. The van der Waals surface area contributed by atoms with Gasteiger partial charge in [-0.1, -0.05) is 12.1 Å². The van der Waals surface area contributed by atoms with Crippen LogP contribution in [0.4, 0.5) is 0 Å². The van der Waals surface area contributed by atoms with E-state index in [4.69, 9.17) is 0 Å². The lowest BCUT2D eigenvalue weighted by Crippen LogP contribution is -2.34. The Hall–Kier alpha value is -1.88.